The maximum Gasteiger partial charge on any atom is 0.220 e. The van der Waals surface area contributed by atoms with Crippen LogP contribution in [0.4, 0.5) is 4.39 Å². The molecule has 0 bridgehead atoms. The van der Waals surface area contributed by atoms with E-state index in [-0.39, 0.29) is 42.7 Å². The van der Waals surface area contributed by atoms with Gasteiger partial charge in [0.2, 0.25) is 5.91 Å². The molecule has 0 radical (unpaired) electrons. The third kappa shape index (κ3) is 3.82. The van der Waals surface area contributed by atoms with Gasteiger partial charge in [0.1, 0.15) is 11.6 Å². The summed E-state index contributed by atoms with van der Waals surface area (Å²) in [5.41, 5.74) is 0.199. The normalized spacial score (nSPS) is 14.8. The number of amides is 1. The number of Topliss-reactive ketones (excluding diaryl/α,β-unsaturated/α-hetero) is 1. The fourth-order valence-electron chi connectivity index (χ4n) is 1.78. The lowest BCUT2D eigenvalue weighted by molar-refractivity contribution is -0.128. The molecule has 2 N–H and O–H groups in total. The quantitative estimate of drug-likeness (QED) is 0.781. The van der Waals surface area contributed by atoms with Crippen LogP contribution in [0.1, 0.15) is 18.5 Å². The summed E-state index contributed by atoms with van der Waals surface area (Å²) in [6.07, 6.45) is 1.85. The number of carbonyl (C=O) groups excluding carboxylic acids is 2. The molecule has 1 aromatic heterocycles. The maximum atomic E-state index is 13.2. The van der Waals surface area contributed by atoms with Crippen molar-refractivity contribution in [3.63, 3.8) is 0 Å². The van der Waals surface area contributed by atoms with Crippen LogP contribution in [0.15, 0.2) is 18.3 Å². The van der Waals surface area contributed by atoms with Gasteiger partial charge >= 0.3 is 0 Å². The predicted octanol–water partition coefficient (Wildman–Crippen LogP) is 0.406. The van der Waals surface area contributed by atoms with E-state index < -0.39 is 5.82 Å². The third-order valence-electron chi connectivity index (χ3n) is 3.12. The van der Waals surface area contributed by atoms with E-state index in [1.54, 1.807) is 0 Å². The number of halogens is 1. The molecule has 1 amide bonds. The maximum absolute atomic E-state index is 13.2. The molecule has 2 heterocycles. The highest BCUT2D eigenvalue weighted by atomic mass is 19.1. The van der Waals surface area contributed by atoms with Gasteiger partial charge in [-0.2, -0.15) is 0 Å². The van der Waals surface area contributed by atoms with Crippen molar-refractivity contribution >= 4 is 11.7 Å². The summed E-state index contributed by atoms with van der Waals surface area (Å²) in [6, 6.07) is 2.79. The van der Waals surface area contributed by atoms with Crippen LogP contribution in [0.2, 0.25) is 0 Å². The van der Waals surface area contributed by atoms with Crippen molar-refractivity contribution in [2.45, 2.75) is 19.4 Å². The molecule has 6 heteroatoms. The van der Waals surface area contributed by atoms with Gasteiger partial charge in [-0.1, -0.05) is 0 Å². The van der Waals surface area contributed by atoms with E-state index in [4.69, 9.17) is 0 Å². The number of aromatic nitrogens is 1. The van der Waals surface area contributed by atoms with Gasteiger partial charge in [-0.3, -0.25) is 14.6 Å². The Labute approximate surface area is 110 Å². The zero-order chi connectivity index (χ0) is 13.7. The molecular weight excluding hydrogens is 249 g/mol. The lowest BCUT2D eigenvalue weighted by atomic mass is 9.95. The molecule has 2 rings (SSSR count). The number of ketones is 1. The number of nitrogens with one attached hydrogen (secondary N) is 2. The zero-order valence-corrected chi connectivity index (χ0v) is 10.5. The van der Waals surface area contributed by atoms with E-state index in [9.17, 15) is 14.0 Å². The topological polar surface area (TPSA) is 71.1 Å². The first kappa shape index (κ1) is 13.6. The molecule has 5 nitrogen and oxygen atoms in total. The second-order valence-electron chi connectivity index (χ2n) is 4.53. The van der Waals surface area contributed by atoms with Crippen molar-refractivity contribution in [3.8, 4) is 0 Å². The van der Waals surface area contributed by atoms with E-state index in [0.717, 1.165) is 0 Å². The van der Waals surface area contributed by atoms with Crippen LogP contribution in [-0.2, 0) is 16.1 Å². The second-order valence-corrected chi connectivity index (χ2v) is 4.53. The summed E-state index contributed by atoms with van der Waals surface area (Å²) >= 11 is 0. The first-order valence-electron chi connectivity index (χ1n) is 6.26. The number of carbonyl (C=O) groups is 2. The molecule has 1 aromatic rings. The largest absolute Gasteiger partial charge is 0.350 e. The standard InChI is InChI=1S/C13H16FN3O2/c14-10-2-1-5-16-11(10)8-17-13(19)4-3-12(18)9-6-15-7-9/h1-2,5,9,15H,3-4,6-8H2,(H,17,19). The Morgan fingerprint density at radius 1 is 1.42 bits per heavy atom. The number of rotatable bonds is 6. The van der Waals surface area contributed by atoms with Crippen LogP contribution in [-0.4, -0.2) is 29.8 Å². The molecule has 1 fully saturated rings. The molecule has 1 aliphatic rings. The summed E-state index contributed by atoms with van der Waals surface area (Å²) in [6.45, 7) is 1.46. The Balaban J connectivity index is 1.70. The Kier molecular flexibility index (Phi) is 4.57. The van der Waals surface area contributed by atoms with Crippen LogP contribution in [0.5, 0.6) is 0 Å². The van der Waals surface area contributed by atoms with Crippen molar-refractivity contribution in [2.24, 2.45) is 5.92 Å². The molecule has 1 aliphatic heterocycles. The third-order valence-corrected chi connectivity index (χ3v) is 3.12. The molecule has 0 saturated carbocycles. The van der Waals surface area contributed by atoms with Gasteiger partial charge in [-0.05, 0) is 12.1 Å². The van der Waals surface area contributed by atoms with Crippen LogP contribution in [0.3, 0.4) is 0 Å². The van der Waals surface area contributed by atoms with E-state index in [1.807, 2.05) is 0 Å². The summed E-state index contributed by atoms with van der Waals surface area (Å²) in [4.78, 5) is 26.9. The molecule has 0 spiro atoms. The highest BCUT2D eigenvalue weighted by Gasteiger charge is 2.24. The highest BCUT2D eigenvalue weighted by molar-refractivity contribution is 5.87. The first-order chi connectivity index (χ1) is 9.16. The van der Waals surface area contributed by atoms with Crippen molar-refractivity contribution < 1.29 is 14.0 Å². The van der Waals surface area contributed by atoms with Gasteiger partial charge in [0, 0.05) is 38.0 Å². The van der Waals surface area contributed by atoms with E-state index in [0.29, 0.717) is 13.1 Å². The molecule has 19 heavy (non-hydrogen) atoms. The molecule has 0 aliphatic carbocycles. The Bertz CT molecular complexity index is 475. The smallest absolute Gasteiger partial charge is 0.220 e. The number of hydrogen-bond donors (Lipinski definition) is 2. The molecule has 102 valence electrons. The van der Waals surface area contributed by atoms with Gasteiger partial charge in [0.05, 0.1) is 12.2 Å². The lowest BCUT2D eigenvalue weighted by Gasteiger charge is -2.25. The fourth-order valence-corrected chi connectivity index (χ4v) is 1.78. The fraction of sp³-hybridized carbons (Fsp3) is 0.462. The summed E-state index contributed by atoms with van der Waals surface area (Å²) < 4.78 is 13.2. The van der Waals surface area contributed by atoms with Gasteiger partial charge < -0.3 is 10.6 Å². The first-order valence-corrected chi connectivity index (χ1v) is 6.26. The molecule has 0 aromatic carbocycles. The Morgan fingerprint density at radius 2 is 2.21 bits per heavy atom. The average Bonchev–Trinajstić information content (AvgIpc) is 2.33. The predicted molar refractivity (Wildman–Crippen MR) is 66.6 cm³/mol. The SMILES string of the molecule is O=C(CCC(=O)C1CNC1)NCc1ncccc1F. The van der Waals surface area contributed by atoms with Gasteiger partial charge in [-0.15, -0.1) is 0 Å². The second kappa shape index (κ2) is 6.38. The lowest BCUT2D eigenvalue weighted by Crippen LogP contribution is -2.46. The van der Waals surface area contributed by atoms with Gasteiger partial charge in [-0.25, -0.2) is 4.39 Å². The molecule has 0 unspecified atom stereocenters. The minimum atomic E-state index is -0.445. The van der Waals surface area contributed by atoms with E-state index >= 15 is 0 Å². The minimum Gasteiger partial charge on any atom is -0.350 e. The number of pyridine rings is 1. The van der Waals surface area contributed by atoms with Crippen molar-refractivity contribution in [2.75, 3.05) is 13.1 Å². The highest BCUT2D eigenvalue weighted by Crippen LogP contribution is 2.08. The van der Waals surface area contributed by atoms with Crippen LogP contribution < -0.4 is 10.6 Å². The van der Waals surface area contributed by atoms with E-state index in [1.165, 1.54) is 18.3 Å². The molecule has 1 saturated heterocycles. The Hall–Kier alpha value is -1.82. The molecule has 0 atom stereocenters. The van der Waals surface area contributed by atoms with Gasteiger partial charge in [0.25, 0.3) is 0 Å². The van der Waals surface area contributed by atoms with Crippen molar-refractivity contribution in [1.29, 1.82) is 0 Å². The van der Waals surface area contributed by atoms with E-state index in [2.05, 4.69) is 15.6 Å². The van der Waals surface area contributed by atoms with Crippen LogP contribution in [0, 0.1) is 11.7 Å². The Morgan fingerprint density at radius 3 is 2.84 bits per heavy atom. The van der Waals surface area contributed by atoms with Crippen molar-refractivity contribution in [1.82, 2.24) is 15.6 Å². The minimum absolute atomic E-state index is 0.0463. The average molecular weight is 265 g/mol. The van der Waals surface area contributed by atoms with Crippen LogP contribution in [0.25, 0.3) is 0 Å². The number of nitrogens with zero attached hydrogens (tertiary/aromatic N) is 1. The summed E-state index contributed by atoms with van der Waals surface area (Å²) in [5.74, 6) is -0.538. The van der Waals surface area contributed by atoms with Gasteiger partial charge in [0.15, 0.2) is 0 Å². The van der Waals surface area contributed by atoms with Crippen molar-refractivity contribution in [3.05, 3.63) is 29.8 Å². The van der Waals surface area contributed by atoms with Crippen LogP contribution >= 0.6 is 0 Å². The number of hydrogen-bond acceptors (Lipinski definition) is 4. The zero-order valence-electron chi connectivity index (χ0n) is 10.5. The summed E-state index contributed by atoms with van der Waals surface area (Å²) in [7, 11) is 0. The monoisotopic (exact) mass is 265 g/mol. The molecular formula is C13H16FN3O2. The summed E-state index contributed by atoms with van der Waals surface area (Å²) in [5, 5.41) is 5.57.